The number of carbonyl (C=O) groups is 2. The third-order valence-corrected chi connectivity index (χ3v) is 3.04. The van der Waals surface area contributed by atoms with Crippen molar-refractivity contribution in [2.75, 3.05) is 26.7 Å². The van der Waals surface area contributed by atoms with E-state index in [0.29, 0.717) is 6.54 Å². The van der Waals surface area contributed by atoms with Crippen molar-refractivity contribution in [1.82, 2.24) is 9.80 Å². The second-order valence-corrected chi connectivity index (χ2v) is 4.70. The van der Waals surface area contributed by atoms with E-state index in [1.807, 2.05) is 14.0 Å². The fraction of sp³-hybridized carbons (Fsp3) is 0.818. The molecule has 1 heterocycles. The fourth-order valence-corrected chi connectivity index (χ4v) is 2.19. The van der Waals surface area contributed by atoms with Gasteiger partial charge in [0.15, 0.2) is 0 Å². The Morgan fingerprint density at radius 3 is 2.71 bits per heavy atom. The monoisotopic (exact) mass is 243 g/mol. The molecule has 98 valence electrons. The summed E-state index contributed by atoms with van der Waals surface area (Å²) in [6.45, 7) is 4.36. The molecule has 6 heteroatoms. The Labute approximate surface area is 101 Å². The number of carboxylic acids is 1. The minimum atomic E-state index is -1.04. The predicted octanol–water partition coefficient (Wildman–Crippen LogP) is -0.659. The molecule has 0 spiro atoms. The van der Waals surface area contributed by atoms with Crippen LogP contribution >= 0.6 is 0 Å². The highest BCUT2D eigenvalue weighted by Gasteiger charge is 2.28. The molecular weight excluding hydrogens is 222 g/mol. The first-order valence-electron chi connectivity index (χ1n) is 5.88. The Morgan fingerprint density at radius 2 is 2.12 bits per heavy atom. The van der Waals surface area contributed by atoms with E-state index < -0.39 is 12.0 Å². The van der Waals surface area contributed by atoms with Gasteiger partial charge in [0.1, 0.15) is 0 Å². The summed E-state index contributed by atoms with van der Waals surface area (Å²) in [6, 6.07) is -0.854. The van der Waals surface area contributed by atoms with Crippen LogP contribution in [0.3, 0.4) is 0 Å². The second kappa shape index (κ2) is 5.97. The number of nitrogens with two attached hydrogens (primary N) is 1. The van der Waals surface area contributed by atoms with Crippen molar-refractivity contribution >= 4 is 11.9 Å². The van der Waals surface area contributed by atoms with Crippen molar-refractivity contribution in [2.45, 2.75) is 31.8 Å². The third-order valence-electron chi connectivity index (χ3n) is 3.04. The molecule has 0 aromatic rings. The van der Waals surface area contributed by atoms with Gasteiger partial charge >= 0.3 is 5.97 Å². The molecule has 1 rings (SSSR count). The maximum atomic E-state index is 12.0. The van der Waals surface area contributed by atoms with Crippen molar-refractivity contribution in [2.24, 2.45) is 5.73 Å². The van der Waals surface area contributed by atoms with Gasteiger partial charge in [0.2, 0.25) is 5.91 Å². The number of hydrogen-bond donors (Lipinski definition) is 2. The molecule has 1 aliphatic heterocycles. The van der Waals surface area contributed by atoms with E-state index in [-0.39, 0.29) is 18.4 Å². The lowest BCUT2D eigenvalue weighted by atomic mass is 10.1. The predicted molar refractivity (Wildman–Crippen MR) is 63.5 cm³/mol. The number of carboxylic acid groups (broad SMARTS) is 1. The van der Waals surface area contributed by atoms with Crippen LogP contribution in [0.5, 0.6) is 0 Å². The van der Waals surface area contributed by atoms with E-state index in [9.17, 15) is 9.59 Å². The van der Waals surface area contributed by atoms with Gasteiger partial charge in [0.25, 0.3) is 0 Å². The van der Waals surface area contributed by atoms with Gasteiger partial charge in [0.05, 0.1) is 12.5 Å². The van der Waals surface area contributed by atoms with Crippen LogP contribution in [0.15, 0.2) is 0 Å². The van der Waals surface area contributed by atoms with Crippen LogP contribution < -0.4 is 5.73 Å². The van der Waals surface area contributed by atoms with E-state index in [4.69, 9.17) is 10.8 Å². The molecule has 0 bridgehead atoms. The van der Waals surface area contributed by atoms with Gasteiger partial charge in [-0.3, -0.25) is 9.59 Å². The number of likely N-dealkylation sites (N-methyl/N-ethyl adjacent to an activating group) is 1. The molecule has 0 aromatic heterocycles. The number of nitrogens with zero attached hydrogens (tertiary/aromatic N) is 2. The normalized spacial score (nSPS) is 24.2. The summed E-state index contributed by atoms with van der Waals surface area (Å²) in [5.41, 5.74) is 5.61. The van der Waals surface area contributed by atoms with Crippen molar-refractivity contribution in [3.05, 3.63) is 0 Å². The SMILES string of the molecule is CC1CN(C)CCCN1C(=O)C(N)CC(=O)O. The first kappa shape index (κ1) is 13.9. The van der Waals surface area contributed by atoms with E-state index in [0.717, 1.165) is 19.5 Å². The van der Waals surface area contributed by atoms with Crippen LogP contribution in [0, 0.1) is 0 Å². The highest BCUT2D eigenvalue weighted by molar-refractivity contribution is 5.86. The molecule has 0 aromatic carbocycles. The van der Waals surface area contributed by atoms with E-state index in [1.54, 1.807) is 4.90 Å². The van der Waals surface area contributed by atoms with Crippen LogP contribution in [-0.4, -0.2) is 65.5 Å². The van der Waals surface area contributed by atoms with Gasteiger partial charge in [-0.05, 0) is 26.9 Å². The van der Waals surface area contributed by atoms with Crippen molar-refractivity contribution in [3.63, 3.8) is 0 Å². The van der Waals surface area contributed by atoms with E-state index >= 15 is 0 Å². The maximum Gasteiger partial charge on any atom is 0.305 e. The number of carbonyl (C=O) groups excluding carboxylic acids is 1. The lowest BCUT2D eigenvalue weighted by Crippen LogP contribution is -2.50. The summed E-state index contributed by atoms with van der Waals surface area (Å²) in [5, 5.41) is 8.64. The Kier molecular flexibility index (Phi) is 4.89. The summed E-state index contributed by atoms with van der Waals surface area (Å²) in [6.07, 6.45) is 0.588. The minimum Gasteiger partial charge on any atom is -0.481 e. The van der Waals surface area contributed by atoms with Gasteiger partial charge in [0, 0.05) is 19.1 Å². The van der Waals surface area contributed by atoms with E-state index in [2.05, 4.69) is 4.90 Å². The van der Waals surface area contributed by atoms with Crippen LogP contribution in [0.1, 0.15) is 19.8 Å². The molecule has 1 aliphatic rings. The standard InChI is InChI=1S/C11H21N3O3/c1-8-7-13(2)4-3-5-14(8)11(17)9(12)6-10(15)16/h8-9H,3-7,12H2,1-2H3,(H,15,16). The third kappa shape index (κ3) is 3.98. The quantitative estimate of drug-likeness (QED) is 0.687. The molecule has 0 radical (unpaired) electrons. The second-order valence-electron chi connectivity index (χ2n) is 4.70. The smallest absolute Gasteiger partial charge is 0.305 e. The van der Waals surface area contributed by atoms with Crippen LogP contribution in [-0.2, 0) is 9.59 Å². The van der Waals surface area contributed by atoms with Crippen LogP contribution in [0.2, 0.25) is 0 Å². The zero-order valence-electron chi connectivity index (χ0n) is 10.4. The Bertz CT molecular complexity index is 296. The van der Waals surface area contributed by atoms with Gasteiger partial charge in [-0.25, -0.2) is 0 Å². The minimum absolute atomic E-state index is 0.0786. The van der Waals surface area contributed by atoms with Gasteiger partial charge in [-0.15, -0.1) is 0 Å². The molecule has 1 saturated heterocycles. The highest BCUT2D eigenvalue weighted by atomic mass is 16.4. The summed E-state index contributed by atoms with van der Waals surface area (Å²) < 4.78 is 0. The zero-order chi connectivity index (χ0) is 13.0. The number of amides is 1. The number of aliphatic carboxylic acids is 1. The average molecular weight is 243 g/mol. The highest BCUT2D eigenvalue weighted by Crippen LogP contribution is 2.10. The van der Waals surface area contributed by atoms with E-state index in [1.165, 1.54) is 0 Å². The first-order valence-corrected chi connectivity index (χ1v) is 5.88. The summed E-state index contributed by atoms with van der Waals surface area (Å²) in [4.78, 5) is 26.4. The first-order chi connectivity index (χ1) is 7.91. The van der Waals surface area contributed by atoms with Crippen molar-refractivity contribution in [1.29, 1.82) is 0 Å². The molecule has 1 amide bonds. The largest absolute Gasteiger partial charge is 0.481 e. The Hall–Kier alpha value is -1.14. The molecule has 3 N–H and O–H groups in total. The van der Waals surface area contributed by atoms with Crippen LogP contribution in [0.4, 0.5) is 0 Å². The number of rotatable bonds is 3. The summed E-state index contributed by atoms with van der Waals surface area (Å²) in [7, 11) is 2.02. The van der Waals surface area contributed by atoms with Crippen LogP contribution in [0.25, 0.3) is 0 Å². The topological polar surface area (TPSA) is 86.9 Å². The van der Waals surface area contributed by atoms with Gasteiger partial charge in [-0.1, -0.05) is 0 Å². The Morgan fingerprint density at radius 1 is 1.47 bits per heavy atom. The Balaban J connectivity index is 2.63. The summed E-state index contributed by atoms with van der Waals surface area (Å²) in [5.74, 6) is -1.29. The lowest BCUT2D eigenvalue weighted by Gasteiger charge is -2.30. The average Bonchev–Trinajstić information content (AvgIpc) is 2.37. The maximum absolute atomic E-state index is 12.0. The molecule has 17 heavy (non-hydrogen) atoms. The molecule has 2 atom stereocenters. The summed E-state index contributed by atoms with van der Waals surface area (Å²) >= 11 is 0. The number of hydrogen-bond acceptors (Lipinski definition) is 4. The zero-order valence-corrected chi connectivity index (χ0v) is 10.4. The van der Waals surface area contributed by atoms with Gasteiger partial charge < -0.3 is 20.6 Å². The van der Waals surface area contributed by atoms with Crippen molar-refractivity contribution in [3.8, 4) is 0 Å². The lowest BCUT2D eigenvalue weighted by molar-refractivity contribution is -0.142. The molecule has 0 aliphatic carbocycles. The fourth-order valence-electron chi connectivity index (χ4n) is 2.19. The molecule has 6 nitrogen and oxygen atoms in total. The van der Waals surface area contributed by atoms with Crippen molar-refractivity contribution < 1.29 is 14.7 Å². The molecular formula is C11H21N3O3. The molecule has 2 unspecified atom stereocenters. The van der Waals surface area contributed by atoms with Gasteiger partial charge in [-0.2, -0.15) is 0 Å². The molecule has 1 fully saturated rings. The molecule has 0 saturated carbocycles.